The minimum atomic E-state index is 0.380. The van der Waals surface area contributed by atoms with Gasteiger partial charge >= 0.3 is 0 Å². The van der Waals surface area contributed by atoms with E-state index in [9.17, 15) is 0 Å². The normalized spacial score (nSPS) is 11.5. The number of allylic oxidation sites excluding steroid dienone is 1. The molecule has 0 aliphatic carbocycles. The summed E-state index contributed by atoms with van der Waals surface area (Å²) in [5, 5.41) is 11.9. The van der Waals surface area contributed by atoms with Crippen LogP contribution >= 0.6 is 11.6 Å². The van der Waals surface area contributed by atoms with Crippen LogP contribution in [0.1, 0.15) is 11.1 Å². The van der Waals surface area contributed by atoms with Crippen LogP contribution in [0.4, 0.5) is 0 Å². The number of nitrogens with zero attached hydrogens (tertiary/aromatic N) is 3. The number of aromatic nitrogens is 3. The van der Waals surface area contributed by atoms with Gasteiger partial charge < -0.3 is 5.32 Å². The highest BCUT2D eigenvalue weighted by atomic mass is 35.5. The summed E-state index contributed by atoms with van der Waals surface area (Å²) in [6.07, 6.45) is 6.84. The topological polar surface area (TPSA) is 74.6 Å². The molecule has 0 aromatic carbocycles. The van der Waals surface area contributed by atoms with Gasteiger partial charge in [-0.3, -0.25) is 15.4 Å². The zero-order chi connectivity index (χ0) is 16.2. The number of rotatable bonds is 4. The Hall–Kier alpha value is -2.79. The summed E-state index contributed by atoms with van der Waals surface area (Å²) in [4.78, 5) is 12.7. The van der Waals surface area contributed by atoms with E-state index in [1.165, 1.54) is 0 Å². The molecule has 0 saturated carbocycles. The summed E-state index contributed by atoms with van der Waals surface area (Å²) >= 11 is 5.96. The zero-order valence-electron chi connectivity index (χ0n) is 12.4. The first kappa shape index (κ1) is 15.1. The minimum Gasteiger partial charge on any atom is -0.393 e. The molecule has 0 saturated heterocycles. The fraction of sp³-hybridized carbons (Fsp3) is 0.0588. The summed E-state index contributed by atoms with van der Waals surface area (Å²) in [5.41, 5.74) is 4.13. The maximum Gasteiger partial charge on any atom is 0.129 e. The molecule has 0 radical (unpaired) electrons. The molecule has 2 N–H and O–H groups in total. The van der Waals surface area contributed by atoms with Gasteiger partial charge in [0.2, 0.25) is 0 Å². The largest absolute Gasteiger partial charge is 0.393 e. The van der Waals surface area contributed by atoms with Gasteiger partial charge in [0, 0.05) is 48.5 Å². The number of pyridine rings is 3. The number of halogens is 1. The van der Waals surface area contributed by atoms with Crippen LogP contribution in [0.2, 0.25) is 5.15 Å². The zero-order valence-corrected chi connectivity index (χ0v) is 13.2. The van der Waals surface area contributed by atoms with Crippen LogP contribution in [-0.2, 0) is 0 Å². The van der Waals surface area contributed by atoms with Gasteiger partial charge in [0.1, 0.15) is 5.15 Å². The van der Waals surface area contributed by atoms with Crippen LogP contribution in [0.15, 0.2) is 55.1 Å². The molecule has 3 heterocycles. The second-order valence-electron chi connectivity index (χ2n) is 4.85. The SMILES string of the molecule is CN/C=C(\C(=N)c1ccncc1)c1cnc2ccc(Cl)nc2c1. The van der Waals surface area contributed by atoms with Gasteiger partial charge in [-0.1, -0.05) is 11.6 Å². The van der Waals surface area contributed by atoms with Gasteiger partial charge in [-0.25, -0.2) is 4.98 Å². The minimum absolute atomic E-state index is 0.380. The molecule has 0 bridgehead atoms. The van der Waals surface area contributed by atoms with Crippen molar-refractivity contribution < 1.29 is 0 Å². The first-order valence-electron chi connectivity index (χ1n) is 6.98. The summed E-state index contributed by atoms with van der Waals surface area (Å²) in [5.74, 6) is 0. The lowest BCUT2D eigenvalue weighted by atomic mass is 9.98. The van der Waals surface area contributed by atoms with E-state index in [0.29, 0.717) is 16.4 Å². The van der Waals surface area contributed by atoms with Gasteiger partial charge in [0.25, 0.3) is 0 Å². The molecule has 0 fully saturated rings. The Labute approximate surface area is 138 Å². The van der Waals surface area contributed by atoms with Gasteiger partial charge in [-0.15, -0.1) is 0 Å². The first-order chi connectivity index (χ1) is 11.2. The second-order valence-corrected chi connectivity index (χ2v) is 5.24. The summed E-state index contributed by atoms with van der Waals surface area (Å²) < 4.78 is 0. The molecule has 3 rings (SSSR count). The molecule has 0 unspecified atom stereocenters. The van der Waals surface area contributed by atoms with Crippen LogP contribution in [-0.4, -0.2) is 27.7 Å². The molecule has 3 aromatic heterocycles. The lowest BCUT2D eigenvalue weighted by Crippen LogP contribution is -2.07. The van der Waals surface area contributed by atoms with Crippen molar-refractivity contribution in [3.05, 3.63) is 71.4 Å². The number of fused-ring (bicyclic) bond motifs is 1. The van der Waals surface area contributed by atoms with E-state index < -0.39 is 0 Å². The van der Waals surface area contributed by atoms with Crippen molar-refractivity contribution in [1.29, 1.82) is 5.41 Å². The lowest BCUT2D eigenvalue weighted by molar-refractivity contribution is 1.11. The Morgan fingerprint density at radius 2 is 1.91 bits per heavy atom. The monoisotopic (exact) mass is 323 g/mol. The van der Waals surface area contributed by atoms with Crippen molar-refractivity contribution in [3.63, 3.8) is 0 Å². The molecule has 0 atom stereocenters. The Morgan fingerprint density at radius 3 is 2.65 bits per heavy atom. The van der Waals surface area contributed by atoms with Crippen molar-refractivity contribution in [2.45, 2.75) is 0 Å². The van der Waals surface area contributed by atoms with Crippen molar-refractivity contribution >= 4 is 33.9 Å². The van der Waals surface area contributed by atoms with Crippen molar-refractivity contribution in [2.75, 3.05) is 7.05 Å². The summed E-state index contributed by atoms with van der Waals surface area (Å²) in [6.45, 7) is 0. The maximum atomic E-state index is 8.47. The van der Waals surface area contributed by atoms with Crippen molar-refractivity contribution in [3.8, 4) is 0 Å². The molecule has 0 spiro atoms. The highest BCUT2D eigenvalue weighted by Gasteiger charge is 2.12. The van der Waals surface area contributed by atoms with Gasteiger partial charge in [0.05, 0.1) is 16.7 Å². The molecule has 3 aromatic rings. The van der Waals surface area contributed by atoms with E-state index in [1.54, 1.807) is 50.0 Å². The van der Waals surface area contributed by atoms with Crippen molar-refractivity contribution in [1.82, 2.24) is 20.3 Å². The van der Waals surface area contributed by atoms with E-state index in [0.717, 1.165) is 22.2 Å². The molecular formula is C17H14ClN5. The average molecular weight is 324 g/mol. The van der Waals surface area contributed by atoms with Gasteiger partial charge in [-0.05, 0) is 30.3 Å². The number of hydrogen-bond donors (Lipinski definition) is 2. The predicted molar refractivity (Wildman–Crippen MR) is 92.7 cm³/mol. The third-order valence-electron chi connectivity index (χ3n) is 3.34. The van der Waals surface area contributed by atoms with E-state index >= 15 is 0 Å². The Kier molecular flexibility index (Phi) is 4.30. The van der Waals surface area contributed by atoms with E-state index in [2.05, 4.69) is 20.3 Å². The number of nitrogens with one attached hydrogen (secondary N) is 2. The molecular weight excluding hydrogens is 310 g/mol. The summed E-state index contributed by atoms with van der Waals surface area (Å²) in [6, 6.07) is 9.02. The highest BCUT2D eigenvalue weighted by molar-refractivity contribution is 6.31. The van der Waals surface area contributed by atoms with Crippen LogP contribution in [0, 0.1) is 5.41 Å². The third kappa shape index (κ3) is 3.19. The quantitative estimate of drug-likeness (QED) is 0.570. The molecule has 0 amide bonds. The Bertz CT molecular complexity index is 890. The third-order valence-corrected chi connectivity index (χ3v) is 3.55. The van der Waals surface area contributed by atoms with Crippen molar-refractivity contribution in [2.24, 2.45) is 0 Å². The second kappa shape index (κ2) is 6.54. The smallest absolute Gasteiger partial charge is 0.129 e. The van der Waals surface area contributed by atoms with E-state index in [4.69, 9.17) is 17.0 Å². The van der Waals surface area contributed by atoms with E-state index in [-0.39, 0.29) is 0 Å². The average Bonchev–Trinajstić information content (AvgIpc) is 2.59. The maximum absolute atomic E-state index is 8.47. The van der Waals surface area contributed by atoms with Crippen LogP contribution in [0.5, 0.6) is 0 Å². The molecule has 23 heavy (non-hydrogen) atoms. The first-order valence-corrected chi connectivity index (χ1v) is 7.36. The molecule has 6 heteroatoms. The fourth-order valence-electron chi connectivity index (χ4n) is 2.25. The van der Waals surface area contributed by atoms with Crippen LogP contribution in [0.25, 0.3) is 16.6 Å². The predicted octanol–water partition coefficient (Wildman–Crippen LogP) is 3.31. The highest BCUT2D eigenvalue weighted by Crippen LogP contribution is 2.22. The Balaban J connectivity index is 2.08. The molecule has 5 nitrogen and oxygen atoms in total. The number of hydrogen-bond acceptors (Lipinski definition) is 5. The van der Waals surface area contributed by atoms with Crippen LogP contribution in [0.3, 0.4) is 0 Å². The van der Waals surface area contributed by atoms with Gasteiger partial charge in [-0.2, -0.15) is 0 Å². The van der Waals surface area contributed by atoms with Crippen LogP contribution < -0.4 is 5.32 Å². The van der Waals surface area contributed by atoms with Gasteiger partial charge in [0.15, 0.2) is 0 Å². The lowest BCUT2D eigenvalue weighted by Gasteiger charge is -2.10. The fourth-order valence-corrected chi connectivity index (χ4v) is 2.40. The standard InChI is InChI=1S/C17H14ClN5/c1-20-10-13(17(19)11-4-6-21-7-5-11)12-8-15-14(22-9-12)2-3-16(18)23-15/h2-10,19-20H,1H3/b13-10-,19-17?. The Morgan fingerprint density at radius 1 is 1.13 bits per heavy atom. The molecule has 0 aliphatic heterocycles. The molecule has 114 valence electrons. The molecule has 0 aliphatic rings. The summed E-state index contributed by atoms with van der Waals surface area (Å²) in [7, 11) is 1.80. The van der Waals surface area contributed by atoms with E-state index in [1.807, 2.05) is 12.1 Å².